The number of amides is 2. The van der Waals surface area contributed by atoms with Crippen molar-refractivity contribution in [3.8, 4) is 0 Å². The minimum atomic E-state index is -0.703. The molecule has 0 aromatic heterocycles. The van der Waals surface area contributed by atoms with Gasteiger partial charge in [0.15, 0.2) is 0 Å². The van der Waals surface area contributed by atoms with Crippen LogP contribution in [0.25, 0.3) is 0 Å². The standard InChI is InChI=1S/C7H12N2O4/c1-5(7(12)13-2)9-6(11)3-8-4-10/h4-5H,3H2,1-2H3,(H,8,10)(H,9,11)/t5-/m0/s1. The van der Waals surface area contributed by atoms with Gasteiger partial charge in [-0.25, -0.2) is 4.79 Å². The Morgan fingerprint density at radius 3 is 2.62 bits per heavy atom. The molecule has 0 fully saturated rings. The summed E-state index contributed by atoms with van der Waals surface area (Å²) in [5.74, 6) is -0.968. The highest BCUT2D eigenvalue weighted by atomic mass is 16.5. The first-order valence-corrected chi connectivity index (χ1v) is 3.66. The number of carbonyl (C=O) groups excluding carboxylic acids is 3. The average Bonchev–Trinajstić information content (AvgIpc) is 2.13. The summed E-state index contributed by atoms with van der Waals surface area (Å²) in [6.45, 7) is 1.34. The number of esters is 1. The molecule has 0 heterocycles. The first kappa shape index (κ1) is 11.4. The van der Waals surface area contributed by atoms with E-state index < -0.39 is 17.9 Å². The molecular weight excluding hydrogens is 176 g/mol. The highest BCUT2D eigenvalue weighted by Gasteiger charge is 2.14. The summed E-state index contributed by atoms with van der Waals surface area (Å²) in [7, 11) is 1.23. The summed E-state index contributed by atoms with van der Waals surface area (Å²) in [5.41, 5.74) is 0. The Bertz CT molecular complexity index is 205. The largest absolute Gasteiger partial charge is 0.467 e. The molecule has 74 valence electrons. The van der Waals surface area contributed by atoms with Gasteiger partial charge < -0.3 is 15.4 Å². The van der Waals surface area contributed by atoms with Gasteiger partial charge in [0.25, 0.3) is 0 Å². The number of carbonyl (C=O) groups is 3. The van der Waals surface area contributed by atoms with Gasteiger partial charge in [-0.15, -0.1) is 0 Å². The Morgan fingerprint density at radius 2 is 2.15 bits per heavy atom. The molecule has 0 radical (unpaired) electrons. The number of nitrogens with one attached hydrogen (secondary N) is 2. The summed E-state index contributed by atoms with van der Waals surface area (Å²) < 4.78 is 4.37. The number of methoxy groups -OCH3 is 1. The van der Waals surface area contributed by atoms with Crippen molar-refractivity contribution in [2.75, 3.05) is 13.7 Å². The molecule has 13 heavy (non-hydrogen) atoms. The Balaban J connectivity index is 3.77. The molecule has 0 rings (SSSR count). The van der Waals surface area contributed by atoms with Gasteiger partial charge >= 0.3 is 5.97 Å². The second-order valence-corrected chi connectivity index (χ2v) is 2.31. The molecule has 0 saturated heterocycles. The SMILES string of the molecule is COC(=O)[C@H](C)NC(=O)CNC=O. The van der Waals surface area contributed by atoms with Crippen LogP contribution in [0.4, 0.5) is 0 Å². The third-order valence-corrected chi connectivity index (χ3v) is 1.28. The molecule has 0 aliphatic rings. The highest BCUT2D eigenvalue weighted by Crippen LogP contribution is 1.84. The fraction of sp³-hybridized carbons (Fsp3) is 0.571. The Morgan fingerprint density at radius 1 is 1.54 bits per heavy atom. The van der Waals surface area contributed by atoms with Crippen LogP contribution >= 0.6 is 0 Å². The molecule has 2 N–H and O–H groups in total. The Kier molecular flexibility index (Phi) is 5.25. The lowest BCUT2D eigenvalue weighted by Gasteiger charge is -2.10. The van der Waals surface area contributed by atoms with Crippen LogP contribution in [0.2, 0.25) is 0 Å². The first-order chi connectivity index (χ1) is 6.11. The molecule has 2 amide bonds. The van der Waals surface area contributed by atoms with Gasteiger partial charge in [-0.05, 0) is 6.92 Å². The van der Waals surface area contributed by atoms with Gasteiger partial charge in [0.2, 0.25) is 12.3 Å². The summed E-state index contributed by atoms with van der Waals surface area (Å²) in [4.78, 5) is 31.5. The second-order valence-electron chi connectivity index (χ2n) is 2.31. The fourth-order valence-electron chi connectivity index (χ4n) is 0.663. The van der Waals surface area contributed by atoms with Gasteiger partial charge in [0, 0.05) is 0 Å². The lowest BCUT2D eigenvalue weighted by atomic mass is 10.3. The predicted molar refractivity (Wildman–Crippen MR) is 43.7 cm³/mol. The quantitative estimate of drug-likeness (QED) is 0.402. The Hall–Kier alpha value is -1.59. The molecule has 6 nitrogen and oxygen atoms in total. The van der Waals surface area contributed by atoms with Crippen molar-refractivity contribution in [3.05, 3.63) is 0 Å². The van der Waals surface area contributed by atoms with Crippen LogP contribution in [0.5, 0.6) is 0 Å². The summed E-state index contributed by atoms with van der Waals surface area (Å²) in [5, 5.41) is 4.50. The molecular formula is C7H12N2O4. The maximum Gasteiger partial charge on any atom is 0.328 e. The van der Waals surface area contributed by atoms with Crippen molar-refractivity contribution in [2.24, 2.45) is 0 Å². The van der Waals surface area contributed by atoms with Crippen molar-refractivity contribution < 1.29 is 19.1 Å². The van der Waals surface area contributed by atoms with Crippen molar-refractivity contribution in [2.45, 2.75) is 13.0 Å². The van der Waals surface area contributed by atoms with Crippen LogP contribution in [0.1, 0.15) is 6.92 Å². The predicted octanol–water partition coefficient (Wildman–Crippen LogP) is -1.59. The minimum absolute atomic E-state index is 0.148. The third kappa shape index (κ3) is 4.78. The van der Waals surface area contributed by atoms with E-state index in [1.165, 1.54) is 14.0 Å². The molecule has 0 aromatic carbocycles. The van der Waals surface area contributed by atoms with Crippen molar-refractivity contribution >= 4 is 18.3 Å². The molecule has 0 aromatic rings. The van der Waals surface area contributed by atoms with E-state index in [1.54, 1.807) is 0 Å². The van der Waals surface area contributed by atoms with E-state index in [1.807, 2.05) is 0 Å². The molecule has 0 aliphatic heterocycles. The van der Waals surface area contributed by atoms with Gasteiger partial charge in [0.1, 0.15) is 6.04 Å². The van der Waals surface area contributed by atoms with Gasteiger partial charge in [0.05, 0.1) is 13.7 Å². The normalized spacial score (nSPS) is 11.2. The zero-order chi connectivity index (χ0) is 10.3. The smallest absolute Gasteiger partial charge is 0.328 e. The van der Waals surface area contributed by atoms with Crippen LogP contribution < -0.4 is 10.6 Å². The van der Waals surface area contributed by atoms with Crippen LogP contribution in [-0.2, 0) is 19.1 Å². The Labute approximate surface area is 75.6 Å². The van der Waals surface area contributed by atoms with E-state index in [0.717, 1.165) is 0 Å². The molecule has 0 saturated carbocycles. The molecule has 0 aliphatic carbocycles. The number of ether oxygens (including phenoxy) is 1. The van der Waals surface area contributed by atoms with Crippen molar-refractivity contribution in [1.29, 1.82) is 0 Å². The van der Waals surface area contributed by atoms with E-state index in [2.05, 4.69) is 15.4 Å². The summed E-state index contributed by atoms with van der Waals surface area (Å²) in [6, 6.07) is -0.703. The van der Waals surface area contributed by atoms with Gasteiger partial charge in [-0.3, -0.25) is 9.59 Å². The van der Waals surface area contributed by atoms with Crippen molar-refractivity contribution in [1.82, 2.24) is 10.6 Å². The summed E-state index contributed by atoms with van der Waals surface area (Å²) in [6.07, 6.45) is 0.405. The fourth-order valence-corrected chi connectivity index (χ4v) is 0.663. The molecule has 1 atom stereocenters. The molecule has 0 bridgehead atoms. The van der Waals surface area contributed by atoms with E-state index in [0.29, 0.717) is 6.41 Å². The number of rotatable bonds is 5. The number of hydrogen-bond donors (Lipinski definition) is 2. The van der Waals surface area contributed by atoms with E-state index >= 15 is 0 Å². The summed E-state index contributed by atoms with van der Waals surface area (Å²) >= 11 is 0. The lowest BCUT2D eigenvalue weighted by molar-refractivity contribution is -0.144. The average molecular weight is 188 g/mol. The molecule has 6 heteroatoms. The van der Waals surface area contributed by atoms with Crippen LogP contribution in [0.3, 0.4) is 0 Å². The molecule has 0 spiro atoms. The van der Waals surface area contributed by atoms with Crippen LogP contribution in [0.15, 0.2) is 0 Å². The van der Waals surface area contributed by atoms with E-state index in [-0.39, 0.29) is 6.54 Å². The second kappa shape index (κ2) is 5.99. The van der Waals surface area contributed by atoms with E-state index in [9.17, 15) is 14.4 Å². The van der Waals surface area contributed by atoms with Crippen LogP contribution in [0, 0.1) is 0 Å². The highest BCUT2D eigenvalue weighted by molar-refractivity contribution is 5.85. The lowest BCUT2D eigenvalue weighted by Crippen LogP contribution is -2.43. The zero-order valence-electron chi connectivity index (χ0n) is 7.49. The monoisotopic (exact) mass is 188 g/mol. The van der Waals surface area contributed by atoms with Gasteiger partial charge in [-0.1, -0.05) is 0 Å². The topological polar surface area (TPSA) is 84.5 Å². The van der Waals surface area contributed by atoms with Crippen LogP contribution in [-0.4, -0.2) is 38.0 Å². The third-order valence-electron chi connectivity index (χ3n) is 1.28. The molecule has 0 unspecified atom stereocenters. The maximum atomic E-state index is 10.9. The zero-order valence-corrected chi connectivity index (χ0v) is 7.49. The van der Waals surface area contributed by atoms with Gasteiger partial charge in [-0.2, -0.15) is 0 Å². The van der Waals surface area contributed by atoms with E-state index in [4.69, 9.17) is 0 Å². The maximum absolute atomic E-state index is 10.9. The first-order valence-electron chi connectivity index (χ1n) is 3.66. The number of hydrogen-bond acceptors (Lipinski definition) is 4. The minimum Gasteiger partial charge on any atom is -0.467 e. The van der Waals surface area contributed by atoms with Crippen molar-refractivity contribution in [3.63, 3.8) is 0 Å².